The first-order valence-corrected chi connectivity index (χ1v) is 8.08. The lowest BCUT2D eigenvalue weighted by molar-refractivity contribution is 0.573. The maximum absolute atomic E-state index is 4.58. The van der Waals surface area contributed by atoms with E-state index in [-0.39, 0.29) is 6.04 Å². The van der Waals surface area contributed by atoms with Crippen LogP contribution in [0.5, 0.6) is 0 Å². The molecule has 3 rings (SSSR count). The van der Waals surface area contributed by atoms with Crippen molar-refractivity contribution < 1.29 is 0 Å². The summed E-state index contributed by atoms with van der Waals surface area (Å²) >= 11 is 1.67. The van der Waals surface area contributed by atoms with Gasteiger partial charge < -0.3 is 10.2 Å². The Hall–Kier alpha value is -1.62. The van der Waals surface area contributed by atoms with E-state index in [1.165, 1.54) is 19.3 Å². The first-order valence-electron chi connectivity index (χ1n) is 7.20. The number of pyridine rings is 1. The quantitative estimate of drug-likeness (QED) is 0.931. The molecule has 2 aromatic heterocycles. The van der Waals surface area contributed by atoms with Crippen LogP contribution >= 0.6 is 11.3 Å². The maximum atomic E-state index is 4.58. The Bertz CT molecular complexity index is 517. The van der Waals surface area contributed by atoms with Crippen molar-refractivity contribution in [1.29, 1.82) is 0 Å². The zero-order valence-electron chi connectivity index (χ0n) is 11.7. The van der Waals surface area contributed by atoms with Crippen molar-refractivity contribution in [3.05, 3.63) is 34.9 Å². The third kappa shape index (κ3) is 3.10. The van der Waals surface area contributed by atoms with Gasteiger partial charge in [-0.1, -0.05) is 0 Å². The van der Waals surface area contributed by atoms with Crippen molar-refractivity contribution in [3.8, 4) is 0 Å². The number of aromatic nitrogens is 2. The summed E-state index contributed by atoms with van der Waals surface area (Å²) in [6, 6.07) is 4.45. The zero-order chi connectivity index (χ0) is 13.8. The molecule has 1 atom stereocenters. The van der Waals surface area contributed by atoms with Gasteiger partial charge in [-0.3, -0.25) is 0 Å². The highest BCUT2D eigenvalue weighted by Crippen LogP contribution is 2.23. The molecule has 0 amide bonds. The number of hydrogen-bond acceptors (Lipinski definition) is 5. The molecule has 1 saturated heterocycles. The van der Waals surface area contributed by atoms with Gasteiger partial charge in [0.25, 0.3) is 0 Å². The topological polar surface area (TPSA) is 41.0 Å². The van der Waals surface area contributed by atoms with Crippen molar-refractivity contribution in [2.24, 2.45) is 0 Å². The smallest absolute Gasteiger partial charge is 0.128 e. The molecule has 1 N–H and O–H groups in total. The van der Waals surface area contributed by atoms with Gasteiger partial charge in [0.1, 0.15) is 10.8 Å². The fourth-order valence-electron chi connectivity index (χ4n) is 2.54. The van der Waals surface area contributed by atoms with Crippen molar-refractivity contribution in [1.82, 2.24) is 9.97 Å². The minimum Gasteiger partial charge on any atom is -0.375 e. The first-order chi connectivity index (χ1) is 9.83. The van der Waals surface area contributed by atoms with E-state index in [9.17, 15) is 0 Å². The average molecular weight is 288 g/mol. The number of rotatable bonds is 4. The van der Waals surface area contributed by atoms with Crippen molar-refractivity contribution in [3.63, 3.8) is 0 Å². The Morgan fingerprint density at radius 2 is 2.05 bits per heavy atom. The molecule has 0 aromatic carbocycles. The maximum Gasteiger partial charge on any atom is 0.128 e. The number of hydrogen-bond donors (Lipinski definition) is 1. The van der Waals surface area contributed by atoms with Gasteiger partial charge in [-0.05, 0) is 38.3 Å². The van der Waals surface area contributed by atoms with Crippen LogP contribution in [0.1, 0.15) is 37.2 Å². The van der Waals surface area contributed by atoms with E-state index in [4.69, 9.17) is 0 Å². The second-order valence-electron chi connectivity index (χ2n) is 5.19. The van der Waals surface area contributed by atoms with E-state index >= 15 is 0 Å². The molecule has 3 heterocycles. The Kier molecular flexibility index (Phi) is 4.16. The normalized spacial score (nSPS) is 16.9. The van der Waals surface area contributed by atoms with Gasteiger partial charge >= 0.3 is 0 Å². The van der Waals surface area contributed by atoms with Crippen LogP contribution in [0.3, 0.4) is 0 Å². The number of thiazole rings is 1. The summed E-state index contributed by atoms with van der Waals surface area (Å²) in [6.45, 7) is 4.39. The molecule has 5 heteroatoms. The highest BCUT2D eigenvalue weighted by molar-refractivity contribution is 7.09. The van der Waals surface area contributed by atoms with Gasteiger partial charge in [-0.15, -0.1) is 11.3 Å². The lowest BCUT2D eigenvalue weighted by Gasteiger charge is -2.27. The summed E-state index contributed by atoms with van der Waals surface area (Å²) in [5, 5.41) is 6.55. The van der Waals surface area contributed by atoms with E-state index in [1.807, 2.05) is 17.8 Å². The van der Waals surface area contributed by atoms with Gasteiger partial charge in [0, 0.05) is 24.7 Å². The van der Waals surface area contributed by atoms with Crippen LogP contribution in [0, 0.1) is 0 Å². The second kappa shape index (κ2) is 6.22. The molecule has 2 aromatic rings. The molecular formula is C15H20N4S. The molecule has 1 fully saturated rings. The molecule has 1 aliphatic rings. The van der Waals surface area contributed by atoms with Crippen LogP contribution in [-0.4, -0.2) is 23.1 Å². The highest BCUT2D eigenvalue weighted by Gasteiger charge is 2.12. The van der Waals surface area contributed by atoms with E-state index in [1.54, 1.807) is 11.3 Å². The van der Waals surface area contributed by atoms with Gasteiger partial charge in [0.05, 0.1) is 17.9 Å². The largest absolute Gasteiger partial charge is 0.375 e. The summed E-state index contributed by atoms with van der Waals surface area (Å²) < 4.78 is 0. The van der Waals surface area contributed by atoms with Gasteiger partial charge in [-0.25, -0.2) is 9.97 Å². The summed E-state index contributed by atoms with van der Waals surface area (Å²) in [4.78, 5) is 11.3. The van der Waals surface area contributed by atoms with Crippen LogP contribution < -0.4 is 10.2 Å². The van der Waals surface area contributed by atoms with E-state index in [0.29, 0.717) is 0 Å². The van der Waals surface area contributed by atoms with Crippen molar-refractivity contribution in [2.75, 3.05) is 23.3 Å². The van der Waals surface area contributed by atoms with Gasteiger partial charge in [0.15, 0.2) is 0 Å². The van der Waals surface area contributed by atoms with Crippen LogP contribution in [0.2, 0.25) is 0 Å². The number of nitrogens with zero attached hydrogens (tertiary/aromatic N) is 3. The summed E-state index contributed by atoms with van der Waals surface area (Å²) in [6.07, 6.45) is 7.68. The molecule has 106 valence electrons. The molecule has 1 unspecified atom stereocenters. The van der Waals surface area contributed by atoms with Crippen LogP contribution in [0.4, 0.5) is 11.5 Å². The molecule has 0 radical (unpaired) electrons. The van der Waals surface area contributed by atoms with Crippen LogP contribution in [-0.2, 0) is 0 Å². The zero-order valence-corrected chi connectivity index (χ0v) is 12.6. The fourth-order valence-corrected chi connectivity index (χ4v) is 3.19. The number of piperidine rings is 1. The standard InChI is InChI=1S/C15H20N4S/c1-12(15-16-7-10-20-15)18-13-5-6-14(17-11-13)19-8-3-2-4-9-19/h5-7,10-12,18H,2-4,8-9H2,1H3. The summed E-state index contributed by atoms with van der Waals surface area (Å²) in [5.41, 5.74) is 1.05. The third-order valence-electron chi connectivity index (χ3n) is 3.63. The van der Waals surface area contributed by atoms with E-state index in [0.717, 1.165) is 29.6 Å². The number of nitrogens with one attached hydrogen (secondary N) is 1. The summed E-state index contributed by atoms with van der Waals surface area (Å²) in [7, 11) is 0. The SMILES string of the molecule is CC(Nc1ccc(N2CCCCC2)nc1)c1nccs1. The van der Waals surface area contributed by atoms with E-state index < -0.39 is 0 Å². The Balaban J connectivity index is 1.63. The van der Waals surface area contributed by atoms with Gasteiger partial charge in [0.2, 0.25) is 0 Å². The first kappa shape index (κ1) is 13.4. The van der Waals surface area contributed by atoms with E-state index in [2.05, 4.69) is 39.2 Å². The molecular weight excluding hydrogens is 268 g/mol. The molecule has 4 nitrogen and oxygen atoms in total. The highest BCUT2D eigenvalue weighted by atomic mass is 32.1. The lowest BCUT2D eigenvalue weighted by atomic mass is 10.1. The number of anilines is 2. The Morgan fingerprint density at radius 3 is 2.70 bits per heavy atom. The molecule has 0 aliphatic carbocycles. The minimum absolute atomic E-state index is 0.220. The molecule has 20 heavy (non-hydrogen) atoms. The molecule has 1 aliphatic heterocycles. The Labute approximate surface area is 123 Å². The molecule has 0 bridgehead atoms. The summed E-state index contributed by atoms with van der Waals surface area (Å²) in [5.74, 6) is 1.09. The minimum atomic E-state index is 0.220. The predicted octanol–water partition coefficient (Wildman–Crippen LogP) is 3.70. The lowest BCUT2D eigenvalue weighted by Crippen LogP contribution is -2.30. The molecule has 0 saturated carbocycles. The van der Waals surface area contributed by atoms with Crippen molar-refractivity contribution in [2.45, 2.75) is 32.2 Å². The van der Waals surface area contributed by atoms with Crippen LogP contribution in [0.15, 0.2) is 29.9 Å². The van der Waals surface area contributed by atoms with Crippen molar-refractivity contribution >= 4 is 22.8 Å². The van der Waals surface area contributed by atoms with Crippen LogP contribution in [0.25, 0.3) is 0 Å². The predicted molar refractivity (Wildman–Crippen MR) is 84.5 cm³/mol. The fraction of sp³-hybridized carbons (Fsp3) is 0.467. The Morgan fingerprint density at radius 1 is 1.20 bits per heavy atom. The molecule has 0 spiro atoms. The monoisotopic (exact) mass is 288 g/mol. The average Bonchev–Trinajstić information content (AvgIpc) is 3.03. The second-order valence-corrected chi connectivity index (χ2v) is 6.12. The van der Waals surface area contributed by atoms with Gasteiger partial charge in [-0.2, -0.15) is 0 Å². The third-order valence-corrected chi connectivity index (χ3v) is 4.59.